The van der Waals surface area contributed by atoms with Gasteiger partial charge in [-0.05, 0) is 12.1 Å². The fourth-order valence-corrected chi connectivity index (χ4v) is 1.67. The molecule has 0 aromatic heterocycles. The molecule has 0 aliphatic carbocycles. The maximum atomic E-state index is 11.8. The van der Waals surface area contributed by atoms with E-state index in [1.807, 2.05) is 0 Å². The number of fused-ring (bicyclic) bond motifs is 1. The van der Waals surface area contributed by atoms with Gasteiger partial charge in [0.1, 0.15) is 6.54 Å². The molecule has 17 heavy (non-hydrogen) atoms. The Hall–Kier alpha value is -2.21. The third kappa shape index (κ3) is 1.90. The van der Waals surface area contributed by atoms with Crippen molar-refractivity contribution in [3.05, 3.63) is 35.4 Å². The summed E-state index contributed by atoms with van der Waals surface area (Å²) < 4.78 is 0. The highest BCUT2D eigenvalue weighted by Crippen LogP contribution is 2.21. The largest absolute Gasteiger partial charge is 0.277 e. The van der Waals surface area contributed by atoms with Gasteiger partial charge in [0.05, 0.1) is 18.2 Å². The number of hydrogen-bond acceptors (Lipinski definition) is 4. The molecule has 1 aromatic carbocycles. The average molecular weight is 234 g/mol. The van der Waals surface area contributed by atoms with Crippen LogP contribution in [0.3, 0.4) is 0 Å². The molecule has 1 aliphatic rings. The molecule has 2 rings (SSSR count). The molecule has 0 saturated carbocycles. The molecule has 0 saturated heterocycles. The summed E-state index contributed by atoms with van der Waals surface area (Å²) in [7, 11) is 1.28. The van der Waals surface area contributed by atoms with E-state index in [1.165, 1.54) is 7.11 Å². The SMILES string of the molecule is CONC(=O)CN1C(=O)c2ccccc2C1=O. The Labute approximate surface area is 97.1 Å². The summed E-state index contributed by atoms with van der Waals surface area (Å²) in [4.78, 5) is 40.2. The minimum absolute atomic E-state index is 0.322. The van der Waals surface area contributed by atoms with Crippen molar-refractivity contribution in [3.63, 3.8) is 0 Å². The third-order valence-electron chi connectivity index (χ3n) is 2.40. The zero-order valence-corrected chi connectivity index (χ0v) is 9.10. The predicted molar refractivity (Wildman–Crippen MR) is 57.0 cm³/mol. The molecule has 88 valence electrons. The van der Waals surface area contributed by atoms with Crippen molar-refractivity contribution >= 4 is 17.7 Å². The van der Waals surface area contributed by atoms with Crippen LogP contribution < -0.4 is 5.48 Å². The Morgan fingerprint density at radius 1 is 1.24 bits per heavy atom. The highest BCUT2D eigenvalue weighted by Gasteiger charge is 2.36. The van der Waals surface area contributed by atoms with Gasteiger partial charge in [0.25, 0.3) is 17.7 Å². The lowest BCUT2D eigenvalue weighted by atomic mass is 10.1. The number of carbonyl (C=O) groups excluding carboxylic acids is 3. The number of hydroxylamine groups is 1. The van der Waals surface area contributed by atoms with Crippen LogP contribution in [-0.4, -0.2) is 36.3 Å². The van der Waals surface area contributed by atoms with Gasteiger partial charge in [0, 0.05) is 0 Å². The standard InChI is InChI=1S/C11H10N2O4/c1-17-12-9(14)6-13-10(15)7-4-2-3-5-8(7)11(13)16/h2-5H,6H2,1H3,(H,12,14). The molecular formula is C11H10N2O4. The summed E-state index contributed by atoms with van der Waals surface area (Å²) in [6, 6.07) is 6.46. The Morgan fingerprint density at radius 3 is 2.24 bits per heavy atom. The van der Waals surface area contributed by atoms with Gasteiger partial charge in [0.2, 0.25) is 0 Å². The van der Waals surface area contributed by atoms with Crippen LogP contribution in [0.5, 0.6) is 0 Å². The number of rotatable bonds is 3. The normalized spacial score (nSPS) is 13.8. The van der Waals surface area contributed by atoms with E-state index in [0.29, 0.717) is 11.1 Å². The first-order chi connectivity index (χ1) is 8.15. The molecular weight excluding hydrogens is 224 g/mol. The van der Waals surface area contributed by atoms with Crippen LogP contribution in [0.15, 0.2) is 24.3 Å². The van der Waals surface area contributed by atoms with Gasteiger partial charge >= 0.3 is 0 Å². The van der Waals surface area contributed by atoms with E-state index in [2.05, 4.69) is 10.3 Å². The van der Waals surface area contributed by atoms with E-state index in [9.17, 15) is 14.4 Å². The van der Waals surface area contributed by atoms with E-state index in [-0.39, 0.29) is 6.54 Å². The zero-order valence-electron chi connectivity index (χ0n) is 9.10. The number of amides is 3. The van der Waals surface area contributed by atoms with Crippen LogP contribution in [0.4, 0.5) is 0 Å². The minimum atomic E-state index is -0.554. The maximum Gasteiger partial charge on any atom is 0.263 e. The Kier molecular flexibility index (Phi) is 2.88. The van der Waals surface area contributed by atoms with E-state index in [4.69, 9.17) is 0 Å². The predicted octanol–water partition coefficient (Wildman–Crippen LogP) is -0.0398. The highest BCUT2D eigenvalue weighted by atomic mass is 16.6. The summed E-state index contributed by atoms with van der Waals surface area (Å²) in [6.45, 7) is -0.347. The molecule has 0 spiro atoms. The summed E-state index contributed by atoms with van der Waals surface area (Å²) in [5.41, 5.74) is 2.70. The first-order valence-corrected chi connectivity index (χ1v) is 4.92. The number of benzene rings is 1. The summed E-state index contributed by atoms with van der Waals surface area (Å²) >= 11 is 0. The van der Waals surface area contributed by atoms with Crippen LogP contribution in [0, 0.1) is 0 Å². The summed E-state index contributed by atoms with van der Waals surface area (Å²) in [5, 5.41) is 0. The number of imide groups is 1. The average Bonchev–Trinajstić information content (AvgIpc) is 2.56. The maximum absolute atomic E-state index is 11.8. The van der Waals surface area contributed by atoms with Crippen molar-refractivity contribution in [2.24, 2.45) is 0 Å². The van der Waals surface area contributed by atoms with Crippen LogP contribution in [0.1, 0.15) is 20.7 Å². The molecule has 0 bridgehead atoms. The molecule has 0 unspecified atom stereocenters. The van der Waals surface area contributed by atoms with E-state index in [0.717, 1.165) is 4.90 Å². The second-order valence-corrected chi connectivity index (χ2v) is 3.47. The van der Waals surface area contributed by atoms with Crippen LogP contribution in [0.25, 0.3) is 0 Å². The lowest BCUT2D eigenvalue weighted by molar-refractivity contribution is -0.131. The van der Waals surface area contributed by atoms with Gasteiger partial charge < -0.3 is 0 Å². The number of hydrogen-bond donors (Lipinski definition) is 1. The number of nitrogens with zero attached hydrogens (tertiary/aromatic N) is 1. The van der Waals surface area contributed by atoms with Crippen molar-refractivity contribution in [3.8, 4) is 0 Å². The first-order valence-electron chi connectivity index (χ1n) is 4.92. The second kappa shape index (κ2) is 4.34. The van der Waals surface area contributed by atoms with Crippen molar-refractivity contribution < 1.29 is 19.2 Å². The van der Waals surface area contributed by atoms with Gasteiger partial charge in [-0.25, -0.2) is 5.48 Å². The lowest BCUT2D eigenvalue weighted by Crippen LogP contribution is -2.39. The molecule has 6 heteroatoms. The highest BCUT2D eigenvalue weighted by molar-refractivity contribution is 6.22. The van der Waals surface area contributed by atoms with Crippen molar-refractivity contribution in [2.45, 2.75) is 0 Å². The zero-order chi connectivity index (χ0) is 12.4. The lowest BCUT2D eigenvalue weighted by Gasteiger charge is -2.12. The van der Waals surface area contributed by atoms with Crippen LogP contribution in [0.2, 0.25) is 0 Å². The number of nitrogens with one attached hydrogen (secondary N) is 1. The molecule has 1 heterocycles. The summed E-state index contributed by atoms with van der Waals surface area (Å²) in [6.07, 6.45) is 0. The number of carbonyl (C=O) groups is 3. The first kappa shape index (κ1) is 11.3. The second-order valence-electron chi connectivity index (χ2n) is 3.47. The Balaban J connectivity index is 2.22. The van der Waals surface area contributed by atoms with Gasteiger partial charge in [-0.15, -0.1) is 0 Å². The van der Waals surface area contributed by atoms with Crippen LogP contribution in [-0.2, 0) is 9.63 Å². The minimum Gasteiger partial charge on any atom is -0.277 e. The molecule has 0 atom stereocenters. The van der Waals surface area contributed by atoms with Crippen LogP contribution >= 0.6 is 0 Å². The smallest absolute Gasteiger partial charge is 0.263 e. The van der Waals surface area contributed by atoms with Crippen molar-refractivity contribution in [2.75, 3.05) is 13.7 Å². The topological polar surface area (TPSA) is 75.7 Å². The monoisotopic (exact) mass is 234 g/mol. The molecule has 6 nitrogen and oxygen atoms in total. The van der Waals surface area contributed by atoms with E-state index in [1.54, 1.807) is 24.3 Å². The quantitative estimate of drug-likeness (QED) is 0.588. The molecule has 1 aromatic rings. The third-order valence-corrected chi connectivity index (χ3v) is 2.40. The Morgan fingerprint density at radius 2 is 1.76 bits per heavy atom. The van der Waals surface area contributed by atoms with Gasteiger partial charge in [-0.1, -0.05) is 12.1 Å². The molecule has 1 aliphatic heterocycles. The van der Waals surface area contributed by atoms with Crippen molar-refractivity contribution in [1.82, 2.24) is 10.4 Å². The molecule has 3 amide bonds. The van der Waals surface area contributed by atoms with Gasteiger partial charge in [-0.2, -0.15) is 0 Å². The van der Waals surface area contributed by atoms with E-state index < -0.39 is 17.7 Å². The molecule has 0 fully saturated rings. The van der Waals surface area contributed by atoms with Gasteiger partial charge in [-0.3, -0.25) is 24.1 Å². The molecule has 0 radical (unpaired) electrons. The summed E-state index contributed by atoms with van der Waals surface area (Å²) in [5.74, 6) is -1.48. The fraction of sp³-hybridized carbons (Fsp3) is 0.182. The fourth-order valence-electron chi connectivity index (χ4n) is 1.67. The van der Waals surface area contributed by atoms with Gasteiger partial charge in [0.15, 0.2) is 0 Å². The molecule has 1 N–H and O–H groups in total. The van der Waals surface area contributed by atoms with E-state index >= 15 is 0 Å². The van der Waals surface area contributed by atoms with Crippen molar-refractivity contribution in [1.29, 1.82) is 0 Å². The Bertz CT molecular complexity index is 463.